The first-order chi connectivity index (χ1) is 21.6. The molecule has 3 aromatic carbocycles. The number of H-pyrrole nitrogens is 1. The Labute approximate surface area is 260 Å². The summed E-state index contributed by atoms with van der Waals surface area (Å²) in [6.07, 6.45) is 1.48. The van der Waals surface area contributed by atoms with E-state index in [0.717, 1.165) is 10.9 Å². The topological polar surface area (TPSA) is 147 Å². The van der Waals surface area contributed by atoms with E-state index in [0.29, 0.717) is 47.3 Å². The first-order valence-corrected chi connectivity index (χ1v) is 16.3. The monoisotopic (exact) mass is 630 g/mol. The zero-order valence-electron chi connectivity index (χ0n) is 24.9. The largest absolute Gasteiger partial charge is 0.446 e. The van der Waals surface area contributed by atoms with E-state index in [-0.39, 0.29) is 29.5 Å². The van der Waals surface area contributed by atoms with Crippen molar-refractivity contribution in [2.45, 2.75) is 48.6 Å². The van der Waals surface area contributed by atoms with Crippen LogP contribution in [0.25, 0.3) is 10.8 Å². The zero-order valence-corrected chi connectivity index (χ0v) is 25.7. The maximum Gasteiger partial charge on any atom is 0.411 e. The van der Waals surface area contributed by atoms with Gasteiger partial charge in [0.1, 0.15) is 18.8 Å². The first-order valence-electron chi connectivity index (χ1n) is 14.8. The third-order valence-corrected chi connectivity index (χ3v) is 10.4. The number of nitrogens with zero attached hydrogens (tertiary/aromatic N) is 1. The van der Waals surface area contributed by atoms with Crippen LogP contribution in [-0.4, -0.2) is 55.8 Å². The smallest absolute Gasteiger partial charge is 0.411 e. The van der Waals surface area contributed by atoms with Crippen molar-refractivity contribution in [1.82, 2.24) is 9.88 Å². The Bertz CT molecular complexity index is 1920. The SMILES string of the molecule is CCO[C@H]1COC(=O)Nc2ccc(S(=O)(=O)C3CC3)c(c2)CN(C)C(=O)[C@H](Nc2ccc3cc[nH]c(=O)c3c2)c2ccc1cc2. The van der Waals surface area contributed by atoms with Crippen molar-refractivity contribution in [3.63, 3.8) is 0 Å². The molecule has 0 spiro atoms. The van der Waals surface area contributed by atoms with E-state index >= 15 is 0 Å². The number of aromatic amines is 1. The highest BCUT2D eigenvalue weighted by atomic mass is 32.2. The summed E-state index contributed by atoms with van der Waals surface area (Å²) in [7, 11) is -2.02. The van der Waals surface area contributed by atoms with Crippen LogP contribution >= 0.6 is 0 Å². The van der Waals surface area contributed by atoms with Crippen LogP contribution in [0.1, 0.15) is 48.6 Å². The molecular formula is C33H34N4O7S. The number of pyridine rings is 1. The average Bonchev–Trinajstić information content (AvgIpc) is 3.88. The Morgan fingerprint density at radius 1 is 0.978 bits per heavy atom. The molecule has 0 unspecified atom stereocenters. The highest BCUT2D eigenvalue weighted by molar-refractivity contribution is 7.92. The van der Waals surface area contributed by atoms with Crippen LogP contribution in [0.4, 0.5) is 16.2 Å². The summed E-state index contributed by atoms with van der Waals surface area (Å²) in [5.74, 6) is -0.328. The molecule has 3 heterocycles. The Hall–Kier alpha value is -4.68. The Morgan fingerprint density at radius 3 is 2.47 bits per heavy atom. The fourth-order valence-corrected chi connectivity index (χ4v) is 7.41. The number of nitrogens with one attached hydrogen (secondary N) is 3. The number of carbonyl (C=O) groups is 2. The number of amides is 2. The fraction of sp³-hybridized carbons (Fsp3) is 0.303. The van der Waals surface area contributed by atoms with Gasteiger partial charge in [-0.05, 0) is 78.2 Å². The third kappa shape index (κ3) is 6.43. The van der Waals surface area contributed by atoms with Crippen molar-refractivity contribution in [3.8, 4) is 0 Å². The number of hydrogen-bond acceptors (Lipinski definition) is 8. The van der Waals surface area contributed by atoms with Crippen molar-refractivity contribution >= 4 is 44.0 Å². The lowest BCUT2D eigenvalue weighted by atomic mass is 10.0. The summed E-state index contributed by atoms with van der Waals surface area (Å²) in [6, 6.07) is 18.0. The van der Waals surface area contributed by atoms with Crippen LogP contribution in [-0.2, 0) is 30.7 Å². The second kappa shape index (κ2) is 12.4. The van der Waals surface area contributed by atoms with Gasteiger partial charge in [-0.15, -0.1) is 0 Å². The molecule has 4 aromatic rings. The lowest BCUT2D eigenvalue weighted by molar-refractivity contribution is -0.131. The van der Waals surface area contributed by atoms with E-state index in [2.05, 4.69) is 15.6 Å². The molecule has 1 aliphatic carbocycles. The second-order valence-electron chi connectivity index (χ2n) is 11.3. The van der Waals surface area contributed by atoms with Gasteiger partial charge < -0.3 is 24.7 Å². The normalized spacial score (nSPS) is 19.3. The highest BCUT2D eigenvalue weighted by Gasteiger charge is 2.38. The standard InChI is InChI=1S/C33H34N4O7S/c1-3-43-28-19-44-33(40)36-24-10-13-29(45(41,42)26-11-12-26)23(16-24)18-37(2)32(39)30(22-6-4-21(28)5-7-22)35-25-9-8-20-14-15-34-31(38)27(20)17-25/h4-10,13-17,26,28,30,35H,3,11-12,18-19H2,1-2H3,(H,34,38)(H,36,40)/t28-,30+/m0/s1. The molecule has 2 atom stereocenters. The summed E-state index contributed by atoms with van der Waals surface area (Å²) in [6.45, 7) is 2.13. The number of sulfone groups is 1. The van der Waals surface area contributed by atoms with Crippen LogP contribution in [0.2, 0.25) is 0 Å². The highest BCUT2D eigenvalue weighted by Crippen LogP contribution is 2.36. The molecule has 2 aliphatic heterocycles. The molecule has 11 nitrogen and oxygen atoms in total. The molecule has 2 amide bonds. The Balaban J connectivity index is 1.42. The van der Waals surface area contributed by atoms with Crippen molar-refractivity contribution in [1.29, 1.82) is 0 Å². The maximum atomic E-state index is 14.2. The maximum absolute atomic E-state index is 14.2. The molecule has 1 fully saturated rings. The van der Waals surface area contributed by atoms with E-state index in [4.69, 9.17) is 9.47 Å². The van der Waals surface area contributed by atoms with Crippen molar-refractivity contribution < 1.29 is 27.5 Å². The van der Waals surface area contributed by atoms with Crippen LogP contribution in [0, 0.1) is 0 Å². The Kier molecular flexibility index (Phi) is 8.34. The van der Waals surface area contributed by atoms with Crippen molar-refractivity contribution in [3.05, 3.63) is 100.0 Å². The lowest BCUT2D eigenvalue weighted by Gasteiger charge is -2.27. The summed E-state index contributed by atoms with van der Waals surface area (Å²) in [5, 5.41) is 6.75. The summed E-state index contributed by atoms with van der Waals surface area (Å²) < 4.78 is 38.1. The van der Waals surface area contributed by atoms with Gasteiger partial charge in [-0.25, -0.2) is 13.2 Å². The number of carbonyl (C=O) groups excluding carboxylic acids is 2. The number of hydrogen-bond donors (Lipinski definition) is 3. The van der Waals surface area contributed by atoms with E-state index in [9.17, 15) is 22.8 Å². The van der Waals surface area contributed by atoms with Crippen LogP contribution in [0.3, 0.4) is 0 Å². The van der Waals surface area contributed by atoms with E-state index in [1.165, 1.54) is 17.0 Å². The molecule has 3 aliphatic rings. The summed E-state index contributed by atoms with van der Waals surface area (Å²) >= 11 is 0. The van der Waals surface area contributed by atoms with Gasteiger partial charge in [-0.2, -0.15) is 0 Å². The molecule has 45 heavy (non-hydrogen) atoms. The summed E-state index contributed by atoms with van der Waals surface area (Å²) in [4.78, 5) is 43.7. The van der Waals surface area contributed by atoms with Gasteiger partial charge in [0.05, 0.1) is 10.1 Å². The van der Waals surface area contributed by atoms with Gasteiger partial charge in [-0.1, -0.05) is 30.3 Å². The van der Waals surface area contributed by atoms with Gasteiger partial charge in [0.25, 0.3) is 5.56 Å². The molecular weight excluding hydrogens is 596 g/mol. The average molecular weight is 631 g/mol. The predicted molar refractivity (Wildman–Crippen MR) is 170 cm³/mol. The number of ether oxygens (including phenoxy) is 2. The molecule has 234 valence electrons. The molecule has 12 heteroatoms. The minimum atomic E-state index is -3.62. The van der Waals surface area contributed by atoms with E-state index in [1.54, 1.807) is 55.7 Å². The molecule has 0 saturated heterocycles. The van der Waals surface area contributed by atoms with Crippen LogP contribution in [0.5, 0.6) is 0 Å². The minimum absolute atomic E-state index is 0.0370. The molecule has 0 radical (unpaired) electrons. The molecule has 3 N–H and O–H groups in total. The number of aromatic nitrogens is 1. The van der Waals surface area contributed by atoms with Gasteiger partial charge in [0, 0.05) is 43.2 Å². The Morgan fingerprint density at radius 2 is 1.73 bits per heavy atom. The molecule has 1 aromatic heterocycles. The second-order valence-corrected chi connectivity index (χ2v) is 13.5. The number of anilines is 2. The predicted octanol–water partition coefficient (Wildman–Crippen LogP) is 4.92. The number of benzene rings is 3. The van der Waals surface area contributed by atoms with Crippen LogP contribution in [0.15, 0.2) is 82.6 Å². The first kappa shape index (κ1) is 30.4. The molecule has 1 saturated carbocycles. The third-order valence-electron chi connectivity index (χ3n) is 8.07. The van der Waals surface area contributed by atoms with Gasteiger partial charge in [0.15, 0.2) is 9.84 Å². The lowest BCUT2D eigenvalue weighted by Crippen LogP contribution is -2.35. The van der Waals surface area contributed by atoms with Crippen molar-refractivity contribution in [2.75, 3.05) is 30.9 Å². The van der Waals surface area contributed by atoms with Gasteiger partial charge in [0.2, 0.25) is 5.91 Å². The van der Waals surface area contributed by atoms with Gasteiger partial charge in [-0.3, -0.25) is 14.9 Å². The molecule has 7 rings (SSSR count). The van der Waals surface area contributed by atoms with Crippen LogP contribution < -0.4 is 16.2 Å². The quantitative estimate of drug-likeness (QED) is 0.272. The van der Waals surface area contributed by atoms with Gasteiger partial charge >= 0.3 is 6.09 Å². The minimum Gasteiger partial charge on any atom is -0.446 e. The number of rotatable bonds is 6. The van der Waals surface area contributed by atoms with Crippen molar-refractivity contribution in [2.24, 2.45) is 0 Å². The fourth-order valence-electron chi connectivity index (χ4n) is 5.55. The molecule has 4 bridgehead atoms. The number of likely N-dealkylation sites (N-methyl/N-ethyl adjacent to an activating group) is 1. The van der Waals surface area contributed by atoms with E-state index < -0.39 is 33.3 Å². The number of fused-ring (bicyclic) bond motifs is 10. The van der Waals surface area contributed by atoms with E-state index in [1.807, 2.05) is 19.1 Å². The zero-order chi connectivity index (χ0) is 31.7. The summed E-state index contributed by atoms with van der Waals surface area (Å²) in [5.41, 5.74) is 2.42.